The highest BCUT2D eigenvalue weighted by atomic mass is 16.6. The number of nitrogens with zero attached hydrogens (tertiary/aromatic N) is 2. The first-order valence-corrected chi connectivity index (χ1v) is 9.91. The molecule has 1 aliphatic rings. The fraction of sp³-hybridized carbons (Fsp3) is 0.435. The number of nitro benzene ring substituents is 1. The Kier molecular flexibility index (Phi) is 5.39. The molecular formula is C23H29N3O3. The maximum Gasteiger partial charge on any atom is 0.322 e. The van der Waals surface area contributed by atoms with Crippen molar-refractivity contribution in [1.29, 1.82) is 0 Å². The molecule has 6 nitrogen and oxygen atoms in total. The summed E-state index contributed by atoms with van der Waals surface area (Å²) in [5.74, 6) is 0.356. The second-order valence-corrected chi connectivity index (χ2v) is 9.01. The van der Waals surface area contributed by atoms with E-state index in [4.69, 9.17) is 0 Å². The van der Waals surface area contributed by atoms with Crippen LogP contribution in [0.4, 0.5) is 16.2 Å². The lowest BCUT2D eigenvalue weighted by atomic mass is 10.0. The number of carbonyl (C=O) groups excluding carboxylic acids is 1. The lowest BCUT2D eigenvalue weighted by Crippen LogP contribution is -2.43. The molecule has 0 spiro atoms. The fourth-order valence-electron chi connectivity index (χ4n) is 4.71. The topological polar surface area (TPSA) is 75.5 Å². The molecule has 0 aliphatic heterocycles. The first kappa shape index (κ1) is 20.8. The fourth-order valence-corrected chi connectivity index (χ4v) is 4.71. The van der Waals surface area contributed by atoms with Crippen molar-refractivity contribution in [2.45, 2.75) is 47.2 Å². The normalized spacial score (nSPS) is 18.0. The number of benzene rings is 2. The maximum atomic E-state index is 13.2. The van der Waals surface area contributed by atoms with Crippen molar-refractivity contribution in [1.82, 2.24) is 4.90 Å². The zero-order valence-electron chi connectivity index (χ0n) is 17.7. The largest absolute Gasteiger partial charge is 0.322 e. The summed E-state index contributed by atoms with van der Waals surface area (Å²) in [6.45, 7) is 11.5. The molecule has 1 fully saturated rings. The van der Waals surface area contributed by atoms with Crippen molar-refractivity contribution in [3.8, 4) is 0 Å². The van der Waals surface area contributed by atoms with E-state index in [0.29, 0.717) is 18.2 Å². The van der Waals surface area contributed by atoms with Crippen molar-refractivity contribution >= 4 is 17.4 Å². The highest BCUT2D eigenvalue weighted by molar-refractivity contribution is 5.90. The number of carbonyl (C=O) groups is 1. The third-order valence-corrected chi connectivity index (χ3v) is 6.87. The van der Waals surface area contributed by atoms with E-state index in [9.17, 15) is 14.9 Å². The van der Waals surface area contributed by atoms with Crippen LogP contribution in [-0.4, -0.2) is 21.9 Å². The second-order valence-electron chi connectivity index (χ2n) is 9.01. The predicted octanol–water partition coefficient (Wildman–Crippen LogP) is 5.70. The van der Waals surface area contributed by atoms with Gasteiger partial charge in [0.1, 0.15) is 0 Å². The van der Waals surface area contributed by atoms with Crippen LogP contribution in [0.5, 0.6) is 0 Å². The van der Waals surface area contributed by atoms with Crippen molar-refractivity contribution < 1.29 is 9.72 Å². The van der Waals surface area contributed by atoms with Gasteiger partial charge in [-0.25, -0.2) is 4.79 Å². The van der Waals surface area contributed by atoms with Gasteiger partial charge in [-0.2, -0.15) is 0 Å². The van der Waals surface area contributed by atoms with Crippen molar-refractivity contribution in [3.63, 3.8) is 0 Å². The van der Waals surface area contributed by atoms with Gasteiger partial charge in [0.25, 0.3) is 5.69 Å². The SMILES string of the molecule is C[C@H](C1C(C)(C)C1(C)C)N(Cc1ccccc1)C(=O)Nc1cccc([N+](=O)[O-])c1. The van der Waals surface area contributed by atoms with Crippen LogP contribution in [0.3, 0.4) is 0 Å². The molecule has 0 radical (unpaired) electrons. The first-order valence-electron chi connectivity index (χ1n) is 9.91. The zero-order chi connectivity index (χ0) is 21.4. The van der Waals surface area contributed by atoms with E-state index in [-0.39, 0.29) is 28.6 Å². The summed E-state index contributed by atoms with van der Waals surface area (Å²) < 4.78 is 0. The Bertz CT molecular complexity index is 895. The Morgan fingerprint density at radius 3 is 2.28 bits per heavy atom. The molecule has 2 amide bonds. The number of nitro groups is 1. The van der Waals surface area contributed by atoms with Crippen LogP contribution in [0.15, 0.2) is 54.6 Å². The average Bonchev–Trinajstić information content (AvgIpc) is 3.08. The van der Waals surface area contributed by atoms with Gasteiger partial charge >= 0.3 is 6.03 Å². The predicted molar refractivity (Wildman–Crippen MR) is 115 cm³/mol. The third-order valence-electron chi connectivity index (χ3n) is 6.87. The summed E-state index contributed by atoms with van der Waals surface area (Å²) in [4.78, 5) is 25.7. The van der Waals surface area contributed by atoms with E-state index in [1.807, 2.05) is 35.2 Å². The molecule has 6 heteroatoms. The van der Waals surface area contributed by atoms with Crippen LogP contribution in [0.1, 0.15) is 40.2 Å². The summed E-state index contributed by atoms with van der Waals surface area (Å²) in [5.41, 5.74) is 1.68. The van der Waals surface area contributed by atoms with Crippen LogP contribution in [0.2, 0.25) is 0 Å². The molecule has 1 aliphatic carbocycles. The number of amides is 2. The van der Waals surface area contributed by atoms with Crippen LogP contribution in [-0.2, 0) is 6.54 Å². The molecular weight excluding hydrogens is 366 g/mol. The van der Waals surface area contributed by atoms with E-state index in [1.165, 1.54) is 12.1 Å². The summed E-state index contributed by atoms with van der Waals surface area (Å²) in [5, 5.41) is 13.9. The number of rotatable bonds is 6. The minimum Gasteiger partial charge on any atom is -0.317 e. The molecule has 154 valence electrons. The second kappa shape index (κ2) is 7.50. The molecule has 0 heterocycles. The van der Waals surface area contributed by atoms with Crippen LogP contribution in [0, 0.1) is 26.9 Å². The Morgan fingerprint density at radius 1 is 1.10 bits per heavy atom. The van der Waals surface area contributed by atoms with Gasteiger partial charge in [0.2, 0.25) is 0 Å². The number of urea groups is 1. The Labute approximate surface area is 172 Å². The van der Waals surface area contributed by atoms with Crippen molar-refractivity contribution in [2.24, 2.45) is 16.7 Å². The number of non-ortho nitro benzene ring substituents is 1. The molecule has 1 atom stereocenters. The molecule has 0 aromatic heterocycles. The van der Waals surface area contributed by atoms with Gasteiger partial charge in [-0.05, 0) is 35.3 Å². The Balaban J connectivity index is 1.85. The summed E-state index contributed by atoms with van der Waals surface area (Å²) in [7, 11) is 0. The Morgan fingerprint density at radius 2 is 1.72 bits per heavy atom. The zero-order valence-corrected chi connectivity index (χ0v) is 17.7. The quantitative estimate of drug-likeness (QED) is 0.503. The van der Waals surface area contributed by atoms with Crippen molar-refractivity contribution in [2.75, 3.05) is 5.32 Å². The first-order chi connectivity index (χ1) is 13.6. The molecule has 3 rings (SSSR count). The molecule has 0 saturated heterocycles. The summed E-state index contributed by atoms with van der Waals surface area (Å²) >= 11 is 0. The van der Waals surface area contributed by atoms with E-state index >= 15 is 0 Å². The third kappa shape index (κ3) is 3.97. The van der Waals surface area contributed by atoms with Crippen molar-refractivity contribution in [3.05, 3.63) is 70.3 Å². The lowest BCUT2D eigenvalue weighted by molar-refractivity contribution is -0.384. The minimum absolute atomic E-state index is 0.0129. The number of anilines is 1. The highest BCUT2D eigenvalue weighted by Gasteiger charge is 2.67. The molecule has 1 saturated carbocycles. The molecule has 0 bridgehead atoms. The van der Waals surface area contributed by atoms with Gasteiger partial charge in [0.05, 0.1) is 4.92 Å². The van der Waals surface area contributed by atoms with E-state index in [1.54, 1.807) is 12.1 Å². The van der Waals surface area contributed by atoms with Gasteiger partial charge in [-0.1, -0.05) is 64.1 Å². The van der Waals surface area contributed by atoms with Gasteiger partial charge in [0, 0.05) is 30.4 Å². The van der Waals surface area contributed by atoms with Gasteiger partial charge in [0.15, 0.2) is 0 Å². The number of hydrogen-bond acceptors (Lipinski definition) is 3. The van der Waals surface area contributed by atoms with Crippen LogP contribution >= 0.6 is 0 Å². The van der Waals surface area contributed by atoms with Gasteiger partial charge < -0.3 is 10.2 Å². The van der Waals surface area contributed by atoms with Gasteiger partial charge in [-0.15, -0.1) is 0 Å². The maximum absolute atomic E-state index is 13.2. The van der Waals surface area contributed by atoms with Gasteiger partial charge in [-0.3, -0.25) is 10.1 Å². The monoisotopic (exact) mass is 395 g/mol. The lowest BCUT2D eigenvalue weighted by Gasteiger charge is -2.31. The Hall–Kier alpha value is -2.89. The smallest absolute Gasteiger partial charge is 0.317 e. The average molecular weight is 396 g/mol. The number of nitrogens with one attached hydrogen (secondary N) is 1. The highest BCUT2D eigenvalue weighted by Crippen LogP contribution is 2.70. The van der Waals surface area contributed by atoms with E-state index < -0.39 is 4.92 Å². The molecule has 1 N–H and O–H groups in total. The van der Waals surface area contributed by atoms with Crippen LogP contribution < -0.4 is 5.32 Å². The summed E-state index contributed by atoms with van der Waals surface area (Å²) in [6, 6.07) is 15.7. The number of hydrogen-bond donors (Lipinski definition) is 1. The molecule has 2 aromatic carbocycles. The standard InChI is InChI=1S/C23H29N3O3/c1-16(20-22(2,3)23(20,4)5)25(15-17-10-7-6-8-11-17)21(27)24-18-12-9-13-19(14-18)26(28)29/h6-14,16,20H,15H2,1-5H3,(H,24,27)/t16-/m1/s1. The molecule has 29 heavy (non-hydrogen) atoms. The van der Waals surface area contributed by atoms with Crippen LogP contribution in [0.25, 0.3) is 0 Å². The van der Waals surface area contributed by atoms with E-state index in [0.717, 1.165) is 5.56 Å². The van der Waals surface area contributed by atoms with E-state index in [2.05, 4.69) is 39.9 Å². The minimum atomic E-state index is -0.463. The molecule has 2 aromatic rings. The molecule has 0 unspecified atom stereocenters. The summed E-state index contributed by atoms with van der Waals surface area (Å²) in [6.07, 6.45) is 0.